The van der Waals surface area contributed by atoms with Crippen LogP contribution in [0.5, 0.6) is 0 Å². The maximum atomic E-state index is 13.5. The molecule has 0 N–H and O–H groups in total. The van der Waals surface area contributed by atoms with Crippen molar-refractivity contribution >= 4 is 45.5 Å². The van der Waals surface area contributed by atoms with Crippen molar-refractivity contribution in [2.24, 2.45) is 0 Å². The van der Waals surface area contributed by atoms with Gasteiger partial charge in [0.15, 0.2) is 11.6 Å². The Labute approximate surface area is 343 Å². The number of ketones is 2. The normalized spacial score (nSPS) is 12.1. The van der Waals surface area contributed by atoms with Gasteiger partial charge in [-0.3, -0.25) is 9.59 Å². The standard InChI is InChI=1S/C56H37NO2/c58-55-52-36-47-13-7-8-14-48(47)37-53(52)56(59)54(55)35-38-15-29-49(30-16-38)57(50-31-25-45(26-32-50)43-21-17-41(18-22-43)39-9-3-1-4-10-39)51-33-27-46(28-34-51)44-23-19-42(20-24-44)40-11-5-2-6-12-40/h1-37H. The number of Topliss-reactive ketones (excluding diaryl/α,β-unsaturated/α-hetero) is 2. The van der Waals surface area contributed by atoms with E-state index >= 15 is 0 Å². The summed E-state index contributed by atoms with van der Waals surface area (Å²) in [6, 6.07) is 75.0. The van der Waals surface area contributed by atoms with Crippen molar-refractivity contribution in [1.82, 2.24) is 0 Å². The summed E-state index contributed by atoms with van der Waals surface area (Å²) in [4.78, 5) is 29.3. The molecule has 9 aromatic carbocycles. The molecule has 0 heterocycles. The molecule has 0 unspecified atom stereocenters. The Balaban J connectivity index is 0.964. The molecule has 278 valence electrons. The van der Waals surface area contributed by atoms with Crippen molar-refractivity contribution in [3.63, 3.8) is 0 Å². The second-order valence-electron chi connectivity index (χ2n) is 14.9. The molecule has 1 aliphatic rings. The fourth-order valence-electron chi connectivity index (χ4n) is 8.05. The lowest BCUT2D eigenvalue weighted by Crippen LogP contribution is -2.10. The van der Waals surface area contributed by atoms with Gasteiger partial charge in [0.05, 0.1) is 5.57 Å². The van der Waals surface area contributed by atoms with Crippen molar-refractivity contribution in [2.75, 3.05) is 4.90 Å². The Hall–Kier alpha value is -7.88. The topological polar surface area (TPSA) is 37.4 Å². The molecule has 0 spiro atoms. The molecule has 0 bridgehead atoms. The van der Waals surface area contributed by atoms with E-state index in [4.69, 9.17) is 0 Å². The molecule has 0 saturated carbocycles. The highest BCUT2D eigenvalue weighted by Gasteiger charge is 2.33. The van der Waals surface area contributed by atoms with E-state index < -0.39 is 0 Å². The highest BCUT2D eigenvalue weighted by molar-refractivity contribution is 6.42. The molecule has 0 radical (unpaired) electrons. The van der Waals surface area contributed by atoms with Crippen molar-refractivity contribution < 1.29 is 9.59 Å². The van der Waals surface area contributed by atoms with Crippen LogP contribution in [0.2, 0.25) is 0 Å². The fraction of sp³-hybridized carbons (Fsp3) is 0. The van der Waals surface area contributed by atoms with Gasteiger partial charge in [0.1, 0.15) is 0 Å². The molecule has 0 aromatic heterocycles. The molecule has 0 aliphatic heterocycles. The van der Waals surface area contributed by atoms with Gasteiger partial charge in [-0.05, 0) is 115 Å². The van der Waals surface area contributed by atoms with E-state index in [9.17, 15) is 9.59 Å². The van der Waals surface area contributed by atoms with Gasteiger partial charge in [0.2, 0.25) is 0 Å². The highest BCUT2D eigenvalue weighted by atomic mass is 16.2. The number of carbonyl (C=O) groups excluding carboxylic acids is 2. The summed E-state index contributed by atoms with van der Waals surface area (Å²) in [5.41, 5.74) is 14.2. The van der Waals surface area contributed by atoms with Gasteiger partial charge in [-0.2, -0.15) is 0 Å². The first-order valence-corrected chi connectivity index (χ1v) is 19.8. The average Bonchev–Trinajstić information content (AvgIpc) is 3.53. The summed E-state index contributed by atoms with van der Waals surface area (Å²) in [5, 5.41) is 1.89. The van der Waals surface area contributed by atoms with Crippen LogP contribution in [0.1, 0.15) is 26.3 Å². The smallest absolute Gasteiger partial charge is 0.197 e. The Morgan fingerprint density at radius 3 is 0.949 bits per heavy atom. The molecule has 10 rings (SSSR count). The Bertz CT molecular complexity index is 2820. The zero-order valence-corrected chi connectivity index (χ0v) is 32.1. The average molecular weight is 756 g/mol. The van der Waals surface area contributed by atoms with Crippen LogP contribution in [0.25, 0.3) is 61.4 Å². The maximum Gasteiger partial charge on any atom is 0.197 e. The van der Waals surface area contributed by atoms with E-state index in [1.807, 2.05) is 72.8 Å². The fourth-order valence-corrected chi connectivity index (χ4v) is 8.05. The van der Waals surface area contributed by atoms with Gasteiger partial charge in [-0.25, -0.2) is 0 Å². The van der Waals surface area contributed by atoms with Gasteiger partial charge >= 0.3 is 0 Å². The van der Waals surface area contributed by atoms with Crippen molar-refractivity contribution in [3.05, 3.63) is 241 Å². The molecule has 3 heteroatoms. The summed E-state index contributed by atoms with van der Waals surface area (Å²) in [7, 11) is 0. The summed E-state index contributed by atoms with van der Waals surface area (Å²) in [6.07, 6.45) is 1.72. The van der Waals surface area contributed by atoms with Gasteiger partial charge in [-0.15, -0.1) is 0 Å². The van der Waals surface area contributed by atoms with Crippen LogP contribution >= 0.6 is 0 Å². The summed E-state index contributed by atoms with van der Waals surface area (Å²) < 4.78 is 0. The molecule has 0 saturated heterocycles. The molecule has 0 atom stereocenters. The number of allylic oxidation sites excluding steroid dienone is 1. The molecule has 0 fully saturated rings. The number of fused-ring (bicyclic) bond motifs is 2. The van der Waals surface area contributed by atoms with Crippen LogP contribution in [0.15, 0.2) is 224 Å². The number of anilines is 3. The molecule has 9 aromatic rings. The van der Waals surface area contributed by atoms with Crippen LogP contribution in [0, 0.1) is 0 Å². The Morgan fingerprint density at radius 1 is 0.305 bits per heavy atom. The van der Waals surface area contributed by atoms with Crippen molar-refractivity contribution in [1.29, 1.82) is 0 Å². The highest BCUT2D eigenvalue weighted by Crippen LogP contribution is 2.38. The molecule has 59 heavy (non-hydrogen) atoms. The zero-order valence-electron chi connectivity index (χ0n) is 32.1. The molecule has 0 amide bonds. The van der Waals surface area contributed by atoms with Crippen LogP contribution in [-0.4, -0.2) is 11.6 Å². The summed E-state index contributed by atoms with van der Waals surface area (Å²) >= 11 is 0. The van der Waals surface area contributed by atoms with Crippen molar-refractivity contribution in [3.8, 4) is 44.5 Å². The van der Waals surface area contributed by atoms with Gasteiger partial charge in [0.25, 0.3) is 0 Å². The summed E-state index contributed by atoms with van der Waals surface area (Å²) in [5.74, 6) is -0.461. The zero-order chi connectivity index (χ0) is 39.7. The predicted molar refractivity (Wildman–Crippen MR) is 243 cm³/mol. The number of hydrogen-bond donors (Lipinski definition) is 0. The van der Waals surface area contributed by atoms with Crippen LogP contribution in [0.4, 0.5) is 17.1 Å². The van der Waals surface area contributed by atoms with Crippen LogP contribution in [0.3, 0.4) is 0 Å². The Kier molecular flexibility index (Phi) is 9.17. The van der Waals surface area contributed by atoms with Gasteiger partial charge in [-0.1, -0.05) is 170 Å². The lowest BCUT2D eigenvalue weighted by atomic mass is 9.99. The van der Waals surface area contributed by atoms with Crippen LogP contribution in [-0.2, 0) is 0 Å². The predicted octanol–water partition coefficient (Wildman–Crippen LogP) is 14.4. The van der Waals surface area contributed by atoms with E-state index in [1.165, 1.54) is 22.3 Å². The number of hydrogen-bond acceptors (Lipinski definition) is 3. The minimum Gasteiger partial charge on any atom is -0.311 e. The number of benzene rings is 9. The summed E-state index contributed by atoms with van der Waals surface area (Å²) in [6.45, 7) is 0. The molecular formula is C56H37NO2. The van der Waals surface area contributed by atoms with Gasteiger partial charge in [0, 0.05) is 28.2 Å². The lowest BCUT2D eigenvalue weighted by Gasteiger charge is -2.26. The number of nitrogens with zero attached hydrogens (tertiary/aromatic N) is 1. The monoisotopic (exact) mass is 755 g/mol. The molecule has 3 nitrogen and oxygen atoms in total. The third-order valence-electron chi connectivity index (χ3n) is 11.2. The number of rotatable bonds is 8. The SMILES string of the molecule is O=C1C(=Cc2ccc(N(c3ccc(-c4ccc(-c5ccccc5)cc4)cc3)c3ccc(-c4ccc(-c5ccccc5)cc4)cc3)cc2)C(=O)c2cc3ccccc3cc21. The maximum absolute atomic E-state index is 13.5. The first kappa shape index (κ1) is 35.5. The van der Waals surface area contributed by atoms with E-state index in [1.54, 1.807) is 6.08 Å². The first-order valence-electron chi connectivity index (χ1n) is 19.8. The minimum atomic E-state index is -0.231. The van der Waals surface area contributed by atoms with E-state index in [-0.39, 0.29) is 17.1 Å². The quantitative estimate of drug-likeness (QED) is 0.114. The minimum absolute atomic E-state index is 0.194. The third-order valence-corrected chi connectivity index (χ3v) is 11.2. The van der Waals surface area contributed by atoms with Gasteiger partial charge < -0.3 is 4.90 Å². The van der Waals surface area contributed by atoms with E-state index in [0.29, 0.717) is 11.1 Å². The lowest BCUT2D eigenvalue weighted by molar-refractivity contribution is 0.0990. The largest absolute Gasteiger partial charge is 0.311 e. The van der Waals surface area contributed by atoms with Crippen LogP contribution < -0.4 is 4.90 Å². The second kappa shape index (κ2) is 15.2. The second-order valence-corrected chi connectivity index (χ2v) is 14.9. The van der Waals surface area contributed by atoms with E-state index in [2.05, 4.69) is 150 Å². The third kappa shape index (κ3) is 6.96. The first-order chi connectivity index (χ1) is 29.1. The molecular weight excluding hydrogens is 719 g/mol. The number of carbonyl (C=O) groups is 2. The Morgan fingerprint density at radius 2 is 0.593 bits per heavy atom. The molecule has 1 aliphatic carbocycles. The van der Waals surface area contributed by atoms with E-state index in [0.717, 1.165) is 55.7 Å². The van der Waals surface area contributed by atoms with Crippen molar-refractivity contribution in [2.45, 2.75) is 0 Å².